The number of nitrogens with zero attached hydrogens (tertiary/aromatic N) is 1. The number of benzene rings is 1. The monoisotopic (exact) mass is 208 g/mol. The molecule has 2 aromatic rings. The largest absolute Gasteiger partial charge is 0.432 e. The predicted molar refractivity (Wildman–Crippen MR) is 54.3 cm³/mol. The molecule has 0 spiro atoms. The average Bonchev–Trinajstić information content (AvgIpc) is 2.59. The molecule has 0 bridgehead atoms. The predicted octanol–water partition coefficient (Wildman–Crippen LogP) is 1.65. The summed E-state index contributed by atoms with van der Waals surface area (Å²) in [5.41, 5.74) is 6.29. The molecule has 4 nitrogen and oxygen atoms in total. The van der Waals surface area contributed by atoms with Gasteiger partial charge in [0.15, 0.2) is 5.58 Å². The number of primary amides is 1. The van der Waals surface area contributed by atoms with E-state index in [1.165, 1.54) is 0 Å². The molecule has 5 heteroatoms. The van der Waals surface area contributed by atoms with E-state index in [1.807, 2.05) is 18.4 Å². The number of carbonyl (C=O) groups excluding carboxylic acids is 1. The van der Waals surface area contributed by atoms with Gasteiger partial charge in [-0.2, -0.15) is 0 Å². The molecule has 0 atom stereocenters. The SMILES string of the molecule is CSc1ccc2oc(C(N)=O)nc2c1. The van der Waals surface area contributed by atoms with Gasteiger partial charge in [0, 0.05) is 4.90 Å². The quantitative estimate of drug-likeness (QED) is 0.762. The number of oxazole rings is 1. The summed E-state index contributed by atoms with van der Waals surface area (Å²) >= 11 is 1.60. The molecule has 1 amide bonds. The summed E-state index contributed by atoms with van der Waals surface area (Å²) in [7, 11) is 0. The van der Waals surface area contributed by atoms with Crippen LogP contribution in [0.2, 0.25) is 0 Å². The summed E-state index contributed by atoms with van der Waals surface area (Å²) in [6.07, 6.45) is 1.97. The highest BCUT2D eigenvalue weighted by Gasteiger charge is 2.10. The third-order valence-corrected chi connectivity index (χ3v) is 2.53. The molecule has 14 heavy (non-hydrogen) atoms. The molecule has 0 aliphatic rings. The summed E-state index contributed by atoms with van der Waals surface area (Å²) < 4.78 is 5.13. The van der Waals surface area contributed by atoms with Gasteiger partial charge in [-0.05, 0) is 24.5 Å². The minimum atomic E-state index is -0.646. The lowest BCUT2D eigenvalue weighted by Gasteiger charge is -1.92. The number of fused-ring (bicyclic) bond motifs is 1. The van der Waals surface area contributed by atoms with Gasteiger partial charge in [0.1, 0.15) is 5.52 Å². The van der Waals surface area contributed by atoms with Gasteiger partial charge in [-0.1, -0.05) is 0 Å². The van der Waals surface area contributed by atoms with Crippen LogP contribution in [0.5, 0.6) is 0 Å². The van der Waals surface area contributed by atoms with Crippen molar-refractivity contribution in [1.82, 2.24) is 4.98 Å². The van der Waals surface area contributed by atoms with E-state index < -0.39 is 5.91 Å². The Balaban J connectivity index is 2.60. The number of hydrogen-bond donors (Lipinski definition) is 1. The van der Waals surface area contributed by atoms with Crippen molar-refractivity contribution in [1.29, 1.82) is 0 Å². The zero-order valence-corrected chi connectivity index (χ0v) is 8.30. The van der Waals surface area contributed by atoms with Crippen LogP contribution in [0.25, 0.3) is 11.1 Å². The number of amides is 1. The summed E-state index contributed by atoms with van der Waals surface area (Å²) in [5.74, 6) is -0.690. The van der Waals surface area contributed by atoms with Crippen molar-refractivity contribution >= 4 is 28.8 Å². The first-order valence-corrected chi connectivity index (χ1v) is 5.17. The van der Waals surface area contributed by atoms with Crippen molar-refractivity contribution in [2.45, 2.75) is 4.90 Å². The number of aromatic nitrogens is 1. The number of hydrogen-bond acceptors (Lipinski definition) is 4. The van der Waals surface area contributed by atoms with E-state index >= 15 is 0 Å². The smallest absolute Gasteiger partial charge is 0.304 e. The van der Waals surface area contributed by atoms with Crippen LogP contribution in [0.3, 0.4) is 0 Å². The second-order valence-electron chi connectivity index (χ2n) is 2.72. The first kappa shape index (κ1) is 9.08. The van der Waals surface area contributed by atoms with Gasteiger partial charge in [-0.25, -0.2) is 4.98 Å². The van der Waals surface area contributed by atoms with Crippen LogP contribution in [-0.4, -0.2) is 17.1 Å². The molecule has 1 heterocycles. The highest BCUT2D eigenvalue weighted by Crippen LogP contribution is 2.22. The van der Waals surface area contributed by atoms with Crippen molar-refractivity contribution in [3.8, 4) is 0 Å². The fraction of sp³-hybridized carbons (Fsp3) is 0.111. The first-order chi connectivity index (χ1) is 6.70. The summed E-state index contributed by atoms with van der Waals surface area (Å²) in [4.78, 5) is 15.8. The van der Waals surface area contributed by atoms with E-state index in [4.69, 9.17) is 10.2 Å². The highest BCUT2D eigenvalue weighted by molar-refractivity contribution is 7.98. The van der Waals surface area contributed by atoms with E-state index in [1.54, 1.807) is 17.8 Å². The Kier molecular flexibility index (Phi) is 2.17. The Morgan fingerprint density at radius 3 is 3.00 bits per heavy atom. The van der Waals surface area contributed by atoms with Crippen molar-refractivity contribution in [3.63, 3.8) is 0 Å². The van der Waals surface area contributed by atoms with Crippen LogP contribution in [-0.2, 0) is 0 Å². The minimum absolute atomic E-state index is 0.0433. The lowest BCUT2D eigenvalue weighted by Crippen LogP contribution is -2.10. The van der Waals surface area contributed by atoms with E-state index in [0.717, 1.165) is 4.90 Å². The molecular formula is C9H8N2O2S. The molecule has 0 saturated heterocycles. The topological polar surface area (TPSA) is 69.1 Å². The second kappa shape index (κ2) is 3.34. The van der Waals surface area contributed by atoms with Crippen molar-refractivity contribution in [3.05, 3.63) is 24.1 Å². The number of rotatable bonds is 2. The van der Waals surface area contributed by atoms with Crippen molar-refractivity contribution in [2.24, 2.45) is 5.73 Å². The van der Waals surface area contributed by atoms with E-state index in [-0.39, 0.29) is 5.89 Å². The van der Waals surface area contributed by atoms with Gasteiger partial charge >= 0.3 is 5.91 Å². The van der Waals surface area contributed by atoms with E-state index in [9.17, 15) is 4.79 Å². The number of nitrogens with two attached hydrogens (primary N) is 1. The Morgan fingerprint density at radius 2 is 2.36 bits per heavy atom. The third kappa shape index (κ3) is 1.46. The summed E-state index contributed by atoms with van der Waals surface area (Å²) in [5, 5.41) is 0. The molecule has 0 saturated carbocycles. The van der Waals surface area contributed by atoms with Gasteiger partial charge < -0.3 is 10.2 Å². The highest BCUT2D eigenvalue weighted by atomic mass is 32.2. The molecule has 0 unspecified atom stereocenters. The van der Waals surface area contributed by atoms with Crippen LogP contribution in [0.4, 0.5) is 0 Å². The molecule has 0 fully saturated rings. The maximum absolute atomic E-state index is 10.8. The Labute approximate surface area is 84.5 Å². The minimum Gasteiger partial charge on any atom is -0.432 e. The van der Waals surface area contributed by atoms with Gasteiger partial charge in [0.25, 0.3) is 5.89 Å². The maximum atomic E-state index is 10.8. The first-order valence-electron chi connectivity index (χ1n) is 3.95. The third-order valence-electron chi connectivity index (χ3n) is 1.81. The molecule has 72 valence electrons. The lowest BCUT2D eigenvalue weighted by atomic mass is 10.3. The van der Waals surface area contributed by atoms with Crippen LogP contribution in [0, 0.1) is 0 Å². The summed E-state index contributed by atoms with van der Waals surface area (Å²) in [6, 6.07) is 5.54. The molecule has 0 radical (unpaired) electrons. The number of thioether (sulfide) groups is 1. The molecule has 2 N–H and O–H groups in total. The van der Waals surface area contributed by atoms with Gasteiger partial charge in [-0.15, -0.1) is 11.8 Å². The summed E-state index contributed by atoms with van der Waals surface area (Å²) in [6.45, 7) is 0. The Hall–Kier alpha value is -1.49. The van der Waals surface area contributed by atoms with Gasteiger partial charge in [-0.3, -0.25) is 4.79 Å². The van der Waals surface area contributed by atoms with E-state index in [2.05, 4.69) is 4.98 Å². The van der Waals surface area contributed by atoms with Gasteiger partial charge in [0.2, 0.25) is 0 Å². The molecule has 1 aromatic heterocycles. The van der Waals surface area contributed by atoms with Gasteiger partial charge in [0.05, 0.1) is 0 Å². The number of carbonyl (C=O) groups is 1. The molecule has 1 aromatic carbocycles. The lowest BCUT2D eigenvalue weighted by molar-refractivity contribution is 0.0969. The second-order valence-corrected chi connectivity index (χ2v) is 3.60. The van der Waals surface area contributed by atoms with Crippen LogP contribution < -0.4 is 5.73 Å². The van der Waals surface area contributed by atoms with Crippen LogP contribution >= 0.6 is 11.8 Å². The standard InChI is InChI=1S/C9H8N2O2S/c1-14-5-2-3-7-6(4-5)11-9(13-7)8(10)12/h2-4H,1H3,(H2,10,12). The van der Waals surface area contributed by atoms with Crippen LogP contribution in [0.15, 0.2) is 27.5 Å². The van der Waals surface area contributed by atoms with E-state index in [0.29, 0.717) is 11.1 Å². The normalized spacial score (nSPS) is 10.6. The van der Waals surface area contributed by atoms with Crippen LogP contribution in [0.1, 0.15) is 10.7 Å². The molecule has 2 rings (SSSR count). The zero-order valence-electron chi connectivity index (χ0n) is 7.48. The Morgan fingerprint density at radius 1 is 1.57 bits per heavy atom. The zero-order chi connectivity index (χ0) is 10.1. The average molecular weight is 208 g/mol. The Bertz CT molecular complexity index is 493. The fourth-order valence-electron chi connectivity index (χ4n) is 1.14. The van der Waals surface area contributed by atoms with Crippen molar-refractivity contribution in [2.75, 3.05) is 6.26 Å². The van der Waals surface area contributed by atoms with Crippen molar-refractivity contribution < 1.29 is 9.21 Å². The fourth-order valence-corrected chi connectivity index (χ4v) is 1.57. The molecule has 0 aliphatic carbocycles. The maximum Gasteiger partial charge on any atom is 0.304 e. The molecular weight excluding hydrogens is 200 g/mol. The molecule has 0 aliphatic heterocycles.